The molecule has 0 unspecified atom stereocenters. The van der Waals surface area contributed by atoms with Gasteiger partial charge in [-0.3, -0.25) is 9.71 Å². The molecule has 1 aliphatic rings. The number of nitrogens with zero attached hydrogens (tertiary/aromatic N) is 4. The maximum atomic E-state index is 11.7. The van der Waals surface area contributed by atoms with E-state index in [1.807, 2.05) is 49.5 Å². The van der Waals surface area contributed by atoms with Gasteiger partial charge in [-0.1, -0.05) is 12.1 Å². The standard InChI is InChI=1S/C27H28N6O2S2/c1-17-8-13-24(29-16-17)32-18(2)15-22(19(32)3)26-25(23-7-5-6-14-28-23)30-27(36)33(26)21-11-9-20(10-12-21)31-37(4,34)35/h5-16,25-26,31H,1-4H3,(H,30,36)/t25-,26+/m1/s1. The molecule has 190 valence electrons. The molecule has 2 atom stereocenters. The largest absolute Gasteiger partial charge is 0.351 e. The Morgan fingerprint density at radius 1 is 1.00 bits per heavy atom. The van der Waals surface area contributed by atoms with E-state index in [9.17, 15) is 8.42 Å². The van der Waals surface area contributed by atoms with Crippen LogP contribution in [0.4, 0.5) is 11.4 Å². The van der Waals surface area contributed by atoms with Crippen molar-refractivity contribution in [3.8, 4) is 5.82 Å². The highest BCUT2D eigenvalue weighted by Crippen LogP contribution is 2.43. The normalized spacial score (nSPS) is 17.6. The van der Waals surface area contributed by atoms with Crippen molar-refractivity contribution in [2.24, 2.45) is 0 Å². The minimum Gasteiger partial charge on any atom is -0.351 e. The second-order valence-corrected chi connectivity index (χ2v) is 11.4. The van der Waals surface area contributed by atoms with Crippen LogP contribution in [0.1, 0.15) is 40.3 Å². The first kappa shape index (κ1) is 24.9. The molecular weight excluding hydrogens is 504 g/mol. The van der Waals surface area contributed by atoms with Crippen LogP contribution >= 0.6 is 12.2 Å². The van der Waals surface area contributed by atoms with Crippen LogP contribution in [0, 0.1) is 20.8 Å². The van der Waals surface area contributed by atoms with Gasteiger partial charge in [0.1, 0.15) is 5.82 Å². The van der Waals surface area contributed by atoms with Gasteiger partial charge < -0.3 is 14.8 Å². The van der Waals surface area contributed by atoms with E-state index in [0.29, 0.717) is 10.8 Å². The summed E-state index contributed by atoms with van der Waals surface area (Å²) >= 11 is 5.84. The molecule has 0 aliphatic carbocycles. The second-order valence-electron chi connectivity index (χ2n) is 9.27. The van der Waals surface area contributed by atoms with Crippen molar-refractivity contribution in [3.05, 3.63) is 101 Å². The fraction of sp³-hybridized carbons (Fsp3) is 0.222. The molecule has 0 amide bonds. The molecule has 4 aromatic rings. The summed E-state index contributed by atoms with van der Waals surface area (Å²) in [4.78, 5) is 11.4. The summed E-state index contributed by atoms with van der Waals surface area (Å²) in [5, 5.41) is 4.05. The van der Waals surface area contributed by atoms with E-state index in [-0.39, 0.29) is 12.1 Å². The lowest BCUT2D eigenvalue weighted by Crippen LogP contribution is -2.29. The molecule has 3 aromatic heterocycles. The third-order valence-corrected chi connectivity index (χ3v) is 7.38. The van der Waals surface area contributed by atoms with Crippen LogP contribution in [0.15, 0.2) is 73.1 Å². The topological polar surface area (TPSA) is 92.2 Å². The predicted molar refractivity (Wildman–Crippen MR) is 151 cm³/mol. The van der Waals surface area contributed by atoms with Crippen molar-refractivity contribution in [1.82, 2.24) is 19.9 Å². The predicted octanol–water partition coefficient (Wildman–Crippen LogP) is 4.74. The number of rotatable bonds is 6. The van der Waals surface area contributed by atoms with Gasteiger partial charge in [-0.05, 0) is 92.6 Å². The van der Waals surface area contributed by atoms with Crippen LogP contribution < -0.4 is 14.9 Å². The lowest BCUT2D eigenvalue weighted by atomic mass is 9.96. The average molecular weight is 533 g/mol. The number of thiocarbonyl (C=S) groups is 1. The van der Waals surface area contributed by atoms with Crippen molar-refractivity contribution in [2.45, 2.75) is 32.9 Å². The van der Waals surface area contributed by atoms with Crippen molar-refractivity contribution < 1.29 is 8.42 Å². The Hall–Kier alpha value is -3.76. The molecule has 0 saturated carbocycles. The Morgan fingerprint density at radius 3 is 2.38 bits per heavy atom. The molecular formula is C27H28N6O2S2. The van der Waals surface area contributed by atoms with Crippen LogP contribution in [0.2, 0.25) is 0 Å². The van der Waals surface area contributed by atoms with E-state index in [4.69, 9.17) is 12.2 Å². The maximum absolute atomic E-state index is 11.7. The molecule has 1 aliphatic heterocycles. The van der Waals surface area contributed by atoms with Crippen LogP contribution in [0.25, 0.3) is 5.82 Å². The highest BCUT2D eigenvalue weighted by molar-refractivity contribution is 7.92. The molecule has 1 fully saturated rings. The average Bonchev–Trinajstić information content (AvgIpc) is 3.35. The Labute approximate surface area is 222 Å². The van der Waals surface area contributed by atoms with Crippen LogP contribution in [-0.4, -0.2) is 34.3 Å². The molecule has 0 radical (unpaired) electrons. The van der Waals surface area contributed by atoms with Gasteiger partial charge in [0.15, 0.2) is 5.11 Å². The number of hydrogen-bond acceptors (Lipinski definition) is 5. The minimum absolute atomic E-state index is 0.192. The zero-order valence-corrected chi connectivity index (χ0v) is 22.6. The molecule has 1 saturated heterocycles. The quantitative estimate of drug-likeness (QED) is 0.347. The van der Waals surface area contributed by atoms with E-state index in [0.717, 1.165) is 46.0 Å². The summed E-state index contributed by atoms with van der Waals surface area (Å²) in [6.45, 7) is 6.19. The van der Waals surface area contributed by atoms with Gasteiger partial charge in [0.2, 0.25) is 10.0 Å². The first-order valence-corrected chi connectivity index (χ1v) is 14.1. The zero-order valence-electron chi connectivity index (χ0n) is 21.0. The summed E-state index contributed by atoms with van der Waals surface area (Å²) in [5.41, 5.74) is 6.55. The Morgan fingerprint density at radius 2 is 1.76 bits per heavy atom. The SMILES string of the molecule is Cc1ccc(-n2c(C)cc([C@H]3[C@@H](c4ccccn4)NC(=S)N3c3ccc(NS(C)(=O)=O)cc3)c2C)nc1. The number of benzene rings is 1. The van der Waals surface area contributed by atoms with Crippen molar-refractivity contribution in [3.63, 3.8) is 0 Å². The number of sulfonamides is 1. The van der Waals surface area contributed by atoms with E-state index in [1.54, 1.807) is 18.3 Å². The van der Waals surface area contributed by atoms with Gasteiger partial charge in [0.25, 0.3) is 0 Å². The number of aromatic nitrogens is 3. The summed E-state index contributed by atoms with van der Waals surface area (Å²) in [5.74, 6) is 0.859. The Bertz CT molecular complexity index is 1550. The number of nitrogens with one attached hydrogen (secondary N) is 2. The lowest BCUT2D eigenvalue weighted by Gasteiger charge is -2.28. The fourth-order valence-corrected chi connectivity index (χ4v) is 5.80. The molecule has 37 heavy (non-hydrogen) atoms. The Balaban J connectivity index is 1.62. The van der Waals surface area contributed by atoms with Gasteiger partial charge >= 0.3 is 0 Å². The molecule has 0 bridgehead atoms. The van der Waals surface area contributed by atoms with Gasteiger partial charge in [0, 0.05) is 35.2 Å². The van der Waals surface area contributed by atoms with E-state index >= 15 is 0 Å². The first-order chi connectivity index (χ1) is 17.6. The highest BCUT2D eigenvalue weighted by Gasteiger charge is 2.42. The van der Waals surface area contributed by atoms with Crippen molar-refractivity contribution >= 4 is 38.7 Å². The Kier molecular flexibility index (Phi) is 6.47. The van der Waals surface area contributed by atoms with E-state index < -0.39 is 10.0 Å². The number of anilines is 2. The van der Waals surface area contributed by atoms with Crippen LogP contribution in [-0.2, 0) is 10.0 Å². The second kappa shape index (κ2) is 9.60. The number of pyridine rings is 2. The van der Waals surface area contributed by atoms with Crippen LogP contribution in [0.3, 0.4) is 0 Å². The van der Waals surface area contributed by atoms with Gasteiger partial charge in [-0.25, -0.2) is 13.4 Å². The highest BCUT2D eigenvalue weighted by atomic mass is 32.2. The van der Waals surface area contributed by atoms with E-state index in [2.05, 4.69) is 55.5 Å². The minimum atomic E-state index is -3.37. The van der Waals surface area contributed by atoms with Gasteiger partial charge in [-0.2, -0.15) is 0 Å². The fourth-order valence-electron chi connectivity index (χ4n) is 4.89. The molecule has 5 rings (SSSR count). The summed E-state index contributed by atoms with van der Waals surface area (Å²) in [7, 11) is -3.37. The summed E-state index contributed by atoms with van der Waals surface area (Å²) in [6, 6.07) is 19.0. The van der Waals surface area contributed by atoms with Gasteiger partial charge in [-0.15, -0.1) is 0 Å². The summed E-state index contributed by atoms with van der Waals surface area (Å²) < 4.78 is 28.0. The zero-order chi connectivity index (χ0) is 26.3. The molecule has 4 heterocycles. The number of hydrogen-bond donors (Lipinski definition) is 2. The first-order valence-electron chi connectivity index (χ1n) is 11.8. The van der Waals surface area contributed by atoms with Gasteiger partial charge in [0.05, 0.1) is 24.0 Å². The number of aryl methyl sites for hydroxylation is 2. The third-order valence-electron chi connectivity index (χ3n) is 6.46. The van der Waals surface area contributed by atoms with E-state index in [1.165, 1.54) is 0 Å². The monoisotopic (exact) mass is 532 g/mol. The van der Waals surface area contributed by atoms with Crippen molar-refractivity contribution in [1.29, 1.82) is 0 Å². The smallest absolute Gasteiger partial charge is 0.229 e. The molecule has 2 N–H and O–H groups in total. The third kappa shape index (κ3) is 4.94. The molecule has 8 nitrogen and oxygen atoms in total. The lowest BCUT2D eigenvalue weighted by molar-refractivity contribution is 0.565. The molecule has 10 heteroatoms. The maximum Gasteiger partial charge on any atom is 0.229 e. The van der Waals surface area contributed by atoms with Crippen LogP contribution in [0.5, 0.6) is 0 Å². The summed E-state index contributed by atoms with van der Waals surface area (Å²) in [6.07, 6.45) is 4.78. The molecule has 1 aromatic carbocycles. The van der Waals surface area contributed by atoms with Crippen molar-refractivity contribution in [2.75, 3.05) is 15.9 Å². The molecule has 0 spiro atoms.